The van der Waals surface area contributed by atoms with Crippen molar-refractivity contribution in [1.29, 1.82) is 0 Å². The molecule has 88 valence electrons. The number of hydrogen-bond donors (Lipinski definition) is 1. The average Bonchev–Trinajstić information content (AvgIpc) is 2.69. The van der Waals surface area contributed by atoms with Gasteiger partial charge in [-0.2, -0.15) is 0 Å². The number of carbonyl (C=O) groups is 2. The minimum atomic E-state index is -1.33. The first-order chi connectivity index (χ1) is 8.16. The Labute approximate surface area is 97.6 Å². The summed E-state index contributed by atoms with van der Waals surface area (Å²) in [6.45, 7) is 0.278. The highest BCUT2D eigenvalue weighted by Crippen LogP contribution is 2.40. The molecule has 5 heteroatoms. The highest BCUT2D eigenvalue weighted by Gasteiger charge is 2.57. The molecule has 2 heterocycles. The maximum Gasteiger partial charge on any atom is 0.411 e. The molecule has 0 bridgehead atoms. The fourth-order valence-electron chi connectivity index (χ4n) is 2.65. The Bertz CT molecular complexity index is 513. The van der Waals surface area contributed by atoms with Gasteiger partial charge in [-0.15, -0.1) is 0 Å². The number of hydrogen-bond acceptors (Lipinski definition) is 3. The highest BCUT2D eigenvalue weighted by molar-refractivity contribution is 5.89. The molecule has 1 amide bonds. The zero-order chi connectivity index (χ0) is 12.0. The molecule has 3 rings (SSSR count). The van der Waals surface area contributed by atoms with Crippen molar-refractivity contribution in [2.45, 2.75) is 12.0 Å². The lowest BCUT2D eigenvalue weighted by molar-refractivity contribution is -0.149. The number of carboxylic acids is 1. The van der Waals surface area contributed by atoms with E-state index in [9.17, 15) is 14.7 Å². The zero-order valence-electron chi connectivity index (χ0n) is 9.05. The number of amides is 1. The third-order valence-corrected chi connectivity index (χ3v) is 3.51. The van der Waals surface area contributed by atoms with Gasteiger partial charge in [0.15, 0.2) is 0 Å². The Hall–Kier alpha value is -2.04. The minimum Gasteiger partial charge on any atom is -0.479 e. The van der Waals surface area contributed by atoms with Crippen LogP contribution in [0.1, 0.15) is 11.1 Å². The second kappa shape index (κ2) is 3.23. The van der Waals surface area contributed by atoms with Gasteiger partial charge in [0.1, 0.15) is 6.61 Å². The van der Waals surface area contributed by atoms with Crippen molar-refractivity contribution in [2.24, 2.45) is 0 Å². The van der Waals surface area contributed by atoms with E-state index in [0.717, 1.165) is 5.56 Å². The molecule has 2 aliphatic heterocycles. The molecular formula is C12H11NO4. The molecular weight excluding hydrogens is 222 g/mol. The molecule has 1 N–H and O–H groups in total. The lowest BCUT2D eigenvalue weighted by atomic mass is 9.82. The Morgan fingerprint density at radius 1 is 1.41 bits per heavy atom. The van der Waals surface area contributed by atoms with Crippen LogP contribution in [-0.2, 0) is 21.5 Å². The fraction of sp³-hybridized carbons (Fsp3) is 0.333. The van der Waals surface area contributed by atoms with Crippen LogP contribution >= 0.6 is 0 Å². The first-order valence-electron chi connectivity index (χ1n) is 5.42. The van der Waals surface area contributed by atoms with Gasteiger partial charge in [-0.1, -0.05) is 24.3 Å². The molecule has 0 aliphatic carbocycles. The van der Waals surface area contributed by atoms with E-state index in [2.05, 4.69) is 0 Å². The largest absolute Gasteiger partial charge is 0.479 e. The summed E-state index contributed by atoms with van der Waals surface area (Å²) in [6.07, 6.45) is 0.127. The van der Waals surface area contributed by atoms with Crippen molar-refractivity contribution < 1.29 is 19.4 Å². The Morgan fingerprint density at radius 3 is 2.94 bits per heavy atom. The van der Waals surface area contributed by atoms with Gasteiger partial charge in [-0.05, 0) is 17.5 Å². The summed E-state index contributed by atoms with van der Waals surface area (Å²) >= 11 is 0. The van der Waals surface area contributed by atoms with Gasteiger partial charge < -0.3 is 9.84 Å². The van der Waals surface area contributed by atoms with Gasteiger partial charge in [0.2, 0.25) is 5.54 Å². The van der Waals surface area contributed by atoms with E-state index >= 15 is 0 Å². The summed E-state index contributed by atoms with van der Waals surface area (Å²) in [5.41, 5.74) is 0.320. The van der Waals surface area contributed by atoms with Crippen molar-refractivity contribution >= 4 is 12.1 Å². The number of carboxylic acid groups (broad SMARTS) is 1. The van der Waals surface area contributed by atoms with Gasteiger partial charge in [-0.3, -0.25) is 4.90 Å². The minimum absolute atomic E-state index is 0.113. The SMILES string of the molecule is O=C1OCC2(C(=O)O)c3ccccc3CCN12. The predicted molar refractivity (Wildman–Crippen MR) is 57.5 cm³/mol. The van der Waals surface area contributed by atoms with Crippen LogP contribution in [0, 0.1) is 0 Å². The Morgan fingerprint density at radius 2 is 2.18 bits per heavy atom. The molecule has 0 spiro atoms. The molecule has 0 radical (unpaired) electrons. The van der Waals surface area contributed by atoms with E-state index in [4.69, 9.17) is 4.74 Å². The molecule has 1 fully saturated rings. The van der Waals surface area contributed by atoms with Crippen LogP contribution in [0.25, 0.3) is 0 Å². The first-order valence-corrected chi connectivity index (χ1v) is 5.42. The van der Waals surface area contributed by atoms with Gasteiger partial charge in [0.05, 0.1) is 0 Å². The molecule has 0 aromatic heterocycles. The van der Waals surface area contributed by atoms with Crippen molar-refractivity contribution in [3.8, 4) is 0 Å². The van der Waals surface area contributed by atoms with Crippen molar-refractivity contribution in [2.75, 3.05) is 13.2 Å². The number of cyclic esters (lactones) is 1. The van der Waals surface area contributed by atoms with E-state index in [0.29, 0.717) is 18.5 Å². The van der Waals surface area contributed by atoms with Gasteiger partial charge >= 0.3 is 12.1 Å². The lowest BCUT2D eigenvalue weighted by Gasteiger charge is -2.37. The van der Waals surface area contributed by atoms with E-state index < -0.39 is 17.6 Å². The van der Waals surface area contributed by atoms with E-state index in [1.165, 1.54) is 4.90 Å². The summed E-state index contributed by atoms with van der Waals surface area (Å²) in [4.78, 5) is 24.5. The third kappa shape index (κ3) is 1.13. The van der Waals surface area contributed by atoms with E-state index in [1.807, 2.05) is 12.1 Å². The number of ether oxygens (including phenoxy) is 1. The normalized spacial score (nSPS) is 26.1. The molecule has 2 aliphatic rings. The second-order valence-corrected chi connectivity index (χ2v) is 4.28. The van der Waals surface area contributed by atoms with Crippen LogP contribution in [0.5, 0.6) is 0 Å². The number of nitrogens with zero attached hydrogens (tertiary/aromatic N) is 1. The zero-order valence-corrected chi connectivity index (χ0v) is 9.05. The van der Waals surface area contributed by atoms with Crippen LogP contribution in [0.3, 0.4) is 0 Å². The monoisotopic (exact) mass is 233 g/mol. The number of carbonyl (C=O) groups excluding carboxylic acids is 1. The molecule has 0 saturated carbocycles. The molecule has 1 atom stereocenters. The summed E-state index contributed by atoms with van der Waals surface area (Å²) in [6, 6.07) is 7.33. The van der Waals surface area contributed by atoms with Gasteiger partial charge in [0.25, 0.3) is 0 Å². The van der Waals surface area contributed by atoms with Crippen LogP contribution in [-0.4, -0.2) is 35.2 Å². The number of rotatable bonds is 1. The Balaban J connectivity index is 2.24. The van der Waals surface area contributed by atoms with Crippen LogP contribution in [0.15, 0.2) is 24.3 Å². The predicted octanol–water partition coefficient (Wildman–Crippen LogP) is 0.975. The van der Waals surface area contributed by atoms with Gasteiger partial charge in [0, 0.05) is 6.54 Å². The summed E-state index contributed by atoms with van der Waals surface area (Å²) in [5, 5.41) is 9.49. The maximum atomic E-state index is 11.6. The molecule has 1 saturated heterocycles. The molecule has 5 nitrogen and oxygen atoms in total. The third-order valence-electron chi connectivity index (χ3n) is 3.51. The summed E-state index contributed by atoms with van der Waals surface area (Å²) in [7, 11) is 0. The molecule has 17 heavy (non-hydrogen) atoms. The summed E-state index contributed by atoms with van der Waals surface area (Å²) in [5.74, 6) is -1.03. The smallest absolute Gasteiger partial charge is 0.411 e. The standard InChI is InChI=1S/C12H11NO4/c14-10(15)12-7-17-11(16)13(12)6-5-8-3-1-2-4-9(8)12/h1-4H,5-7H2,(H,14,15). The van der Waals surface area contributed by atoms with Crippen LogP contribution in [0.2, 0.25) is 0 Å². The van der Waals surface area contributed by atoms with Crippen LogP contribution < -0.4 is 0 Å². The highest BCUT2D eigenvalue weighted by atomic mass is 16.6. The van der Waals surface area contributed by atoms with E-state index in [-0.39, 0.29) is 6.61 Å². The molecule has 1 aromatic carbocycles. The van der Waals surface area contributed by atoms with Crippen molar-refractivity contribution in [3.63, 3.8) is 0 Å². The fourth-order valence-corrected chi connectivity index (χ4v) is 2.65. The first kappa shape index (κ1) is 10.1. The summed E-state index contributed by atoms with van der Waals surface area (Å²) < 4.78 is 4.93. The molecule has 1 aromatic rings. The van der Waals surface area contributed by atoms with Crippen molar-refractivity contribution in [1.82, 2.24) is 4.90 Å². The number of benzene rings is 1. The quantitative estimate of drug-likeness (QED) is 0.785. The maximum absolute atomic E-state index is 11.6. The lowest BCUT2D eigenvalue weighted by Crippen LogP contribution is -2.54. The van der Waals surface area contributed by atoms with Crippen LogP contribution in [0.4, 0.5) is 4.79 Å². The molecule has 1 unspecified atom stereocenters. The second-order valence-electron chi connectivity index (χ2n) is 4.28. The topological polar surface area (TPSA) is 66.8 Å². The van der Waals surface area contributed by atoms with Crippen molar-refractivity contribution in [3.05, 3.63) is 35.4 Å². The average molecular weight is 233 g/mol. The number of aliphatic carboxylic acids is 1. The van der Waals surface area contributed by atoms with Gasteiger partial charge in [-0.25, -0.2) is 9.59 Å². The van der Waals surface area contributed by atoms with E-state index in [1.54, 1.807) is 12.1 Å². The number of fused-ring (bicyclic) bond motifs is 3. The Kier molecular flexibility index (Phi) is 1.92.